The molecule has 0 bridgehead atoms. The van der Waals surface area contributed by atoms with Crippen LogP contribution in [0.5, 0.6) is 0 Å². The Morgan fingerprint density at radius 1 is 0.882 bits per heavy atom. The molecule has 3 aromatic rings. The van der Waals surface area contributed by atoms with E-state index >= 15 is 0 Å². The van der Waals surface area contributed by atoms with Crippen LogP contribution < -0.4 is 4.90 Å². The summed E-state index contributed by atoms with van der Waals surface area (Å²) in [6.07, 6.45) is 18.5. The molecule has 3 aliphatic rings. The molecule has 0 spiro atoms. The van der Waals surface area contributed by atoms with Crippen molar-refractivity contribution >= 4 is 23.0 Å². The molecule has 2 aliphatic carbocycles. The number of anilines is 1. The van der Waals surface area contributed by atoms with Crippen molar-refractivity contribution in [2.45, 2.75) is 28.6 Å². The van der Waals surface area contributed by atoms with Crippen molar-refractivity contribution in [2.24, 2.45) is 0 Å². The van der Waals surface area contributed by atoms with E-state index in [0.717, 1.165) is 17.5 Å². The molecule has 0 fully saturated rings. The predicted octanol–water partition coefficient (Wildman–Crippen LogP) is 6.81. The van der Waals surface area contributed by atoms with E-state index in [-0.39, 0.29) is 6.04 Å². The first-order valence-corrected chi connectivity index (χ1v) is 12.4. The van der Waals surface area contributed by atoms with E-state index in [1.54, 1.807) is 12.3 Å². The number of nitrogens with zero attached hydrogens (tertiary/aromatic N) is 3. The van der Waals surface area contributed by atoms with E-state index in [2.05, 4.69) is 107 Å². The van der Waals surface area contributed by atoms with Gasteiger partial charge in [-0.15, -0.1) is 11.8 Å². The molecule has 2 heterocycles. The van der Waals surface area contributed by atoms with Gasteiger partial charge in [0.05, 0.1) is 23.0 Å². The zero-order valence-electron chi connectivity index (χ0n) is 18.6. The van der Waals surface area contributed by atoms with Gasteiger partial charge in [0, 0.05) is 16.7 Å². The fourth-order valence-electron chi connectivity index (χ4n) is 5.01. The van der Waals surface area contributed by atoms with Crippen LogP contribution in [0.25, 0.3) is 16.7 Å². The molecule has 3 unspecified atom stereocenters. The minimum Gasteiger partial charge on any atom is -0.356 e. The molecule has 3 atom stereocenters. The number of rotatable bonds is 3. The van der Waals surface area contributed by atoms with Crippen molar-refractivity contribution in [1.82, 2.24) is 4.98 Å². The second-order valence-electron chi connectivity index (χ2n) is 8.69. The molecule has 1 aliphatic heterocycles. The highest BCUT2D eigenvalue weighted by molar-refractivity contribution is 8.00. The van der Waals surface area contributed by atoms with Crippen molar-refractivity contribution in [3.63, 3.8) is 0 Å². The maximum absolute atomic E-state index is 9.04. The van der Waals surface area contributed by atoms with Crippen LogP contribution >= 0.6 is 11.8 Å². The summed E-state index contributed by atoms with van der Waals surface area (Å²) < 4.78 is 0. The van der Waals surface area contributed by atoms with Crippen LogP contribution in [0.2, 0.25) is 0 Å². The first-order chi connectivity index (χ1) is 16.8. The first-order valence-electron chi connectivity index (χ1n) is 11.5. The van der Waals surface area contributed by atoms with Crippen molar-refractivity contribution < 1.29 is 0 Å². The summed E-state index contributed by atoms with van der Waals surface area (Å²) in [5.41, 5.74) is 6.45. The maximum atomic E-state index is 9.04. The molecule has 0 amide bonds. The van der Waals surface area contributed by atoms with Gasteiger partial charge in [-0.25, -0.2) is 4.98 Å². The zero-order chi connectivity index (χ0) is 22.9. The van der Waals surface area contributed by atoms with Gasteiger partial charge in [0.25, 0.3) is 0 Å². The highest BCUT2D eigenvalue weighted by atomic mass is 32.2. The molecule has 0 N–H and O–H groups in total. The lowest BCUT2D eigenvalue weighted by atomic mass is 9.90. The van der Waals surface area contributed by atoms with Crippen LogP contribution in [0.1, 0.15) is 17.7 Å². The Kier molecular flexibility index (Phi) is 5.41. The monoisotopic (exact) mass is 457 g/mol. The second kappa shape index (κ2) is 8.85. The van der Waals surface area contributed by atoms with E-state index < -0.39 is 0 Å². The summed E-state index contributed by atoms with van der Waals surface area (Å²) in [4.78, 5) is 8.20. The van der Waals surface area contributed by atoms with Crippen molar-refractivity contribution in [2.75, 3.05) is 4.90 Å². The van der Waals surface area contributed by atoms with E-state index in [9.17, 15) is 0 Å². The van der Waals surface area contributed by atoms with E-state index in [1.807, 2.05) is 17.8 Å². The third-order valence-corrected chi connectivity index (χ3v) is 7.95. The zero-order valence-corrected chi connectivity index (χ0v) is 19.4. The Bertz CT molecular complexity index is 1390. The summed E-state index contributed by atoms with van der Waals surface area (Å²) in [6, 6.07) is 23.9. The number of hydrogen-bond donors (Lipinski definition) is 0. The normalized spacial score (nSPS) is 22.5. The minimum atomic E-state index is 0.283. The molecule has 0 saturated carbocycles. The Balaban J connectivity index is 1.31. The number of fused-ring (bicyclic) bond motifs is 2. The molecule has 2 aromatic carbocycles. The Morgan fingerprint density at radius 3 is 2.65 bits per heavy atom. The molecule has 6 rings (SSSR count). The van der Waals surface area contributed by atoms with E-state index in [1.165, 1.54) is 21.7 Å². The fourth-order valence-corrected chi connectivity index (χ4v) is 6.28. The summed E-state index contributed by atoms with van der Waals surface area (Å²) >= 11 is 1.96. The lowest BCUT2D eigenvalue weighted by molar-refractivity contribution is 0.615. The molecule has 3 nitrogen and oxygen atoms in total. The largest absolute Gasteiger partial charge is 0.356 e. The molecule has 4 heteroatoms. The van der Waals surface area contributed by atoms with Gasteiger partial charge in [-0.2, -0.15) is 5.26 Å². The van der Waals surface area contributed by atoms with Crippen LogP contribution in [-0.4, -0.2) is 22.3 Å². The summed E-state index contributed by atoms with van der Waals surface area (Å²) in [5.74, 6) is 0. The molecule has 34 heavy (non-hydrogen) atoms. The summed E-state index contributed by atoms with van der Waals surface area (Å²) in [7, 11) is 0. The van der Waals surface area contributed by atoms with Gasteiger partial charge in [-0.1, -0.05) is 72.9 Å². The van der Waals surface area contributed by atoms with Gasteiger partial charge < -0.3 is 4.90 Å². The lowest BCUT2D eigenvalue weighted by Crippen LogP contribution is -2.49. The van der Waals surface area contributed by atoms with Crippen LogP contribution in [-0.2, 0) is 0 Å². The molecular formula is C30H23N3S. The minimum absolute atomic E-state index is 0.283. The number of thioether (sulfide) groups is 1. The third kappa shape index (κ3) is 3.79. The quantitative estimate of drug-likeness (QED) is 0.433. The van der Waals surface area contributed by atoms with E-state index in [4.69, 9.17) is 5.26 Å². The number of hydrogen-bond acceptors (Lipinski definition) is 4. The number of allylic oxidation sites excluding steroid dienone is 4. The Morgan fingerprint density at radius 2 is 1.76 bits per heavy atom. The summed E-state index contributed by atoms with van der Waals surface area (Å²) in [6.45, 7) is 0. The second-order valence-corrected chi connectivity index (χ2v) is 9.91. The number of nitriles is 1. The molecular weight excluding hydrogens is 434 g/mol. The smallest absolute Gasteiger partial charge is 0.140 e. The number of pyridine rings is 1. The maximum Gasteiger partial charge on any atom is 0.140 e. The van der Waals surface area contributed by atoms with Gasteiger partial charge in [0.15, 0.2) is 0 Å². The van der Waals surface area contributed by atoms with E-state index in [0.29, 0.717) is 17.0 Å². The van der Waals surface area contributed by atoms with Gasteiger partial charge in [-0.05, 0) is 53.5 Å². The van der Waals surface area contributed by atoms with Crippen LogP contribution in [0.15, 0.2) is 114 Å². The third-order valence-electron chi connectivity index (χ3n) is 6.65. The average molecular weight is 458 g/mol. The van der Waals surface area contributed by atoms with Crippen molar-refractivity contribution in [3.05, 3.63) is 121 Å². The highest BCUT2D eigenvalue weighted by Crippen LogP contribution is 2.46. The molecule has 0 radical (unpaired) electrons. The molecule has 1 aromatic heterocycles. The Labute approximate surface area is 204 Å². The Hall–Kier alpha value is -3.81. The topological polar surface area (TPSA) is 39.9 Å². The van der Waals surface area contributed by atoms with Gasteiger partial charge in [0.1, 0.15) is 11.8 Å². The van der Waals surface area contributed by atoms with Crippen molar-refractivity contribution in [1.29, 1.82) is 5.26 Å². The SMILES string of the molecule is N#Cc1ccc(-c2cccc(C3=CC=CC(N4c5ccccc5SC5C=CC=CC54)C3)c2)cn1. The van der Waals surface area contributed by atoms with Gasteiger partial charge in [-0.3, -0.25) is 0 Å². The molecule has 164 valence electrons. The average Bonchev–Trinajstić information content (AvgIpc) is 2.92. The number of aromatic nitrogens is 1. The number of para-hydroxylation sites is 1. The first kappa shape index (κ1) is 20.8. The van der Waals surface area contributed by atoms with Gasteiger partial charge >= 0.3 is 0 Å². The highest BCUT2D eigenvalue weighted by Gasteiger charge is 2.36. The summed E-state index contributed by atoms with van der Waals surface area (Å²) in [5, 5.41) is 9.47. The van der Waals surface area contributed by atoms with Crippen molar-refractivity contribution in [3.8, 4) is 17.2 Å². The predicted molar refractivity (Wildman–Crippen MR) is 141 cm³/mol. The van der Waals surface area contributed by atoms with Gasteiger partial charge in [0.2, 0.25) is 0 Å². The fraction of sp³-hybridized carbons (Fsp3) is 0.133. The van der Waals surface area contributed by atoms with Crippen LogP contribution in [0.4, 0.5) is 5.69 Å². The van der Waals surface area contributed by atoms with Crippen LogP contribution in [0, 0.1) is 11.3 Å². The van der Waals surface area contributed by atoms with Crippen LogP contribution in [0.3, 0.4) is 0 Å². The lowest BCUT2D eigenvalue weighted by Gasteiger charge is -2.46. The molecule has 0 saturated heterocycles. The number of benzene rings is 2. The standard InChI is InChI=1S/C30H23N3S/c31-19-25-16-15-24(20-32-25)22-8-5-7-21(17-22)23-9-6-10-26(18-23)33-27-11-1-3-13-29(27)34-30-14-4-2-12-28(30)33/h1-17,20,26-27,29H,18H2.